The van der Waals surface area contributed by atoms with E-state index in [-0.39, 0.29) is 16.8 Å². The summed E-state index contributed by atoms with van der Waals surface area (Å²) in [6.07, 6.45) is 0.723. The molecule has 1 aromatic carbocycles. The second kappa shape index (κ2) is 9.45. The molecule has 0 amide bonds. The predicted octanol–water partition coefficient (Wildman–Crippen LogP) is 1.45. The van der Waals surface area contributed by atoms with Gasteiger partial charge in [-0.15, -0.1) is 0 Å². The molecule has 30 heavy (non-hydrogen) atoms. The van der Waals surface area contributed by atoms with Gasteiger partial charge < -0.3 is 18.9 Å². The minimum absolute atomic E-state index is 0.123. The van der Waals surface area contributed by atoms with Crippen LogP contribution in [-0.4, -0.2) is 62.1 Å². The Hall–Kier alpha value is -4.02. The van der Waals surface area contributed by atoms with Gasteiger partial charge in [-0.05, 0) is 24.3 Å². The molecule has 0 aliphatic carbocycles. The topological polar surface area (TPSA) is 123 Å². The number of rotatable bonds is 6. The van der Waals surface area contributed by atoms with Gasteiger partial charge in [-0.25, -0.2) is 28.3 Å². The van der Waals surface area contributed by atoms with Crippen molar-refractivity contribution < 1.29 is 42.5 Å². The fraction of sp³-hybridized carbons (Fsp3) is 0.211. The van der Waals surface area contributed by atoms with Crippen LogP contribution in [0.1, 0.15) is 20.8 Å². The number of aromatic nitrogens is 2. The highest BCUT2D eigenvalue weighted by Crippen LogP contribution is 2.29. The van der Waals surface area contributed by atoms with E-state index in [4.69, 9.17) is 9.47 Å². The van der Waals surface area contributed by atoms with Crippen molar-refractivity contribution in [3.8, 4) is 11.3 Å². The Morgan fingerprint density at radius 2 is 1.50 bits per heavy atom. The molecule has 0 N–H and O–H groups in total. The summed E-state index contributed by atoms with van der Waals surface area (Å²) in [6.45, 7) is 0. The van der Waals surface area contributed by atoms with Crippen LogP contribution < -0.4 is 0 Å². The molecule has 2 aromatic rings. The Morgan fingerprint density at radius 3 is 2.00 bits per heavy atom. The molecule has 11 heteroatoms. The number of benzene rings is 1. The molecule has 0 aliphatic rings. The van der Waals surface area contributed by atoms with Gasteiger partial charge in [0.2, 0.25) is 0 Å². The third-order valence-electron chi connectivity index (χ3n) is 3.85. The molecule has 0 saturated heterocycles. The average molecular weight is 420 g/mol. The summed E-state index contributed by atoms with van der Waals surface area (Å²) in [5, 5.41) is 4.12. The lowest BCUT2D eigenvalue weighted by molar-refractivity contribution is -0.137. The van der Waals surface area contributed by atoms with Gasteiger partial charge in [0.25, 0.3) is 0 Å². The van der Waals surface area contributed by atoms with Gasteiger partial charge in [0.1, 0.15) is 17.1 Å². The number of methoxy groups -OCH3 is 4. The Morgan fingerprint density at radius 1 is 0.900 bits per heavy atom. The Bertz CT molecular complexity index is 1020. The number of nitrogens with zero attached hydrogens (tertiary/aromatic N) is 2. The second-order valence-electron chi connectivity index (χ2n) is 5.52. The first-order chi connectivity index (χ1) is 14.3. The zero-order valence-electron chi connectivity index (χ0n) is 16.4. The molecule has 0 atom stereocenters. The van der Waals surface area contributed by atoms with Crippen LogP contribution in [0.5, 0.6) is 0 Å². The van der Waals surface area contributed by atoms with Crippen molar-refractivity contribution >= 4 is 29.6 Å². The van der Waals surface area contributed by atoms with Gasteiger partial charge in [0.05, 0.1) is 34.5 Å². The molecule has 0 fully saturated rings. The molecular formula is C19H17FN2O8. The predicted molar refractivity (Wildman–Crippen MR) is 98.6 cm³/mol. The van der Waals surface area contributed by atoms with E-state index in [1.54, 1.807) is 0 Å². The van der Waals surface area contributed by atoms with E-state index >= 15 is 0 Å². The van der Waals surface area contributed by atoms with Gasteiger partial charge in [-0.1, -0.05) is 0 Å². The number of halogens is 1. The van der Waals surface area contributed by atoms with E-state index in [2.05, 4.69) is 14.6 Å². The van der Waals surface area contributed by atoms with Crippen molar-refractivity contribution in [2.45, 2.75) is 0 Å². The maximum atomic E-state index is 13.3. The molecule has 1 heterocycles. The van der Waals surface area contributed by atoms with Crippen LogP contribution in [0, 0.1) is 5.82 Å². The molecule has 0 radical (unpaired) electrons. The lowest BCUT2D eigenvalue weighted by atomic mass is 10.1. The molecule has 1 aromatic heterocycles. The molecule has 0 spiro atoms. The number of esters is 4. The number of hydrogen-bond acceptors (Lipinski definition) is 9. The normalized spacial score (nSPS) is 10.9. The van der Waals surface area contributed by atoms with Crippen molar-refractivity contribution in [3.63, 3.8) is 0 Å². The maximum Gasteiger partial charge on any atom is 0.357 e. The molecular weight excluding hydrogens is 403 g/mol. The fourth-order valence-electron chi connectivity index (χ4n) is 2.46. The van der Waals surface area contributed by atoms with Crippen LogP contribution in [0.3, 0.4) is 0 Å². The smallest absolute Gasteiger partial charge is 0.357 e. The summed E-state index contributed by atoms with van der Waals surface area (Å²) < 4.78 is 32.7. The van der Waals surface area contributed by atoms with Gasteiger partial charge in [-0.3, -0.25) is 0 Å². The van der Waals surface area contributed by atoms with Gasteiger partial charge in [-0.2, -0.15) is 5.10 Å². The Balaban J connectivity index is 2.94. The summed E-state index contributed by atoms with van der Waals surface area (Å²) in [5.41, 5.74) is -1.31. The summed E-state index contributed by atoms with van der Waals surface area (Å²) in [6, 6.07) is 4.83. The Labute approximate surface area is 169 Å². The first-order valence-corrected chi connectivity index (χ1v) is 8.22. The molecule has 2 rings (SSSR count). The van der Waals surface area contributed by atoms with Crippen LogP contribution in [0.4, 0.5) is 4.39 Å². The van der Waals surface area contributed by atoms with E-state index < -0.39 is 41.1 Å². The van der Waals surface area contributed by atoms with E-state index in [0.29, 0.717) is 4.68 Å². The monoisotopic (exact) mass is 420 g/mol. The van der Waals surface area contributed by atoms with Crippen molar-refractivity contribution in [2.24, 2.45) is 0 Å². The highest BCUT2D eigenvalue weighted by atomic mass is 19.1. The number of carbonyl (C=O) groups excluding carboxylic acids is 4. The van der Waals surface area contributed by atoms with Gasteiger partial charge in [0, 0.05) is 5.56 Å². The van der Waals surface area contributed by atoms with E-state index in [1.165, 1.54) is 12.1 Å². The standard InChI is InChI=1S/C19H17FN2O8/c1-27-13(23)9-12(17(24)28-2)22-16(19(26)30-4)14(18(25)29-3)15(21-22)10-5-7-11(20)8-6-10/h5-9H,1-4H3/b12-9+. The minimum Gasteiger partial charge on any atom is -0.466 e. The Kier molecular flexibility index (Phi) is 7.02. The highest BCUT2D eigenvalue weighted by Gasteiger charge is 2.34. The fourth-order valence-corrected chi connectivity index (χ4v) is 2.46. The molecule has 0 aliphatic heterocycles. The van der Waals surface area contributed by atoms with Crippen LogP contribution in [0.15, 0.2) is 30.3 Å². The first-order valence-electron chi connectivity index (χ1n) is 8.22. The first kappa shape index (κ1) is 22.3. The molecule has 10 nitrogen and oxygen atoms in total. The summed E-state index contributed by atoms with van der Waals surface area (Å²) in [7, 11) is 4.22. The zero-order chi connectivity index (χ0) is 22.4. The van der Waals surface area contributed by atoms with Gasteiger partial charge >= 0.3 is 23.9 Å². The summed E-state index contributed by atoms with van der Waals surface area (Å²) in [4.78, 5) is 49.0. The van der Waals surface area contributed by atoms with E-state index in [1.807, 2.05) is 0 Å². The highest BCUT2D eigenvalue weighted by molar-refractivity contribution is 6.17. The average Bonchev–Trinajstić information content (AvgIpc) is 3.16. The van der Waals surface area contributed by atoms with Crippen LogP contribution in [-0.2, 0) is 28.5 Å². The van der Waals surface area contributed by atoms with Crippen LogP contribution in [0.2, 0.25) is 0 Å². The lowest BCUT2D eigenvalue weighted by Gasteiger charge is -2.09. The zero-order valence-corrected chi connectivity index (χ0v) is 16.4. The van der Waals surface area contributed by atoms with Crippen LogP contribution in [0.25, 0.3) is 17.0 Å². The third kappa shape index (κ3) is 4.35. The van der Waals surface area contributed by atoms with Crippen molar-refractivity contribution in [3.05, 3.63) is 47.4 Å². The number of hydrogen-bond donors (Lipinski definition) is 0. The molecule has 0 saturated carbocycles. The molecule has 158 valence electrons. The molecule has 0 bridgehead atoms. The van der Waals surface area contributed by atoms with Crippen LogP contribution >= 0.6 is 0 Å². The largest absolute Gasteiger partial charge is 0.466 e. The quantitative estimate of drug-likeness (QED) is 0.388. The SMILES string of the molecule is COC(=O)/C=C(\C(=O)OC)n1nc(-c2ccc(F)cc2)c(C(=O)OC)c1C(=O)OC. The van der Waals surface area contributed by atoms with Gasteiger partial charge in [0.15, 0.2) is 11.4 Å². The summed E-state index contributed by atoms with van der Waals surface area (Å²) >= 11 is 0. The van der Waals surface area contributed by atoms with E-state index in [9.17, 15) is 23.6 Å². The van der Waals surface area contributed by atoms with Crippen molar-refractivity contribution in [1.82, 2.24) is 9.78 Å². The lowest BCUT2D eigenvalue weighted by Crippen LogP contribution is -2.21. The second-order valence-corrected chi connectivity index (χ2v) is 5.52. The summed E-state index contributed by atoms with van der Waals surface area (Å²) in [5.74, 6) is -4.61. The third-order valence-corrected chi connectivity index (χ3v) is 3.85. The van der Waals surface area contributed by atoms with Crippen molar-refractivity contribution in [1.29, 1.82) is 0 Å². The van der Waals surface area contributed by atoms with Crippen molar-refractivity contribution in [2.75, 3.05) is 28.4 Å². The molecule has 0 unspecified atom stereocenters. The minimum atomic E-state index is -1.06. The maximum absolute atomic E-state index is 13.3. The number of ether oxygens (including phenoxy) is 4. The van der Waals surface area contributed by atoms with E-state index in [0.717, 1.165) is 46.6 Å². The number of carbonyl (C=O) groups is 4.